The van der Waals surface area contributed by atoms with Crippen molar-refractivity contribution < 1.29 is 14.3 Å². The van der Waals surface area contributed by atoms with Crippen LogP contribution in [0.1, 0.15) is 52.4 Å². The van der Waals surface area contributed by atoms with E-state index >= 15 is 0 Å². The van der Waals surface area contributed by atoms with E-state index in [0.717, 1.165) is 18.2 Å². The first-order chi connectivity index (χ1) is 11.6. The molecule has 2 fully saturated rings. The number of hydrogen-bond donors (Lipinski definition) is 2. The number of hydrogen-bond acceptors (Lipinski definition) is 4. The molecule has 1 saturated carbocycles. The third-order valence-corrected chi connectivity index (χ3v) is 5.58. The molecule has 6 nitrogen and oxygen atoms in total. The molecule has 0 unspecified atom stereocenters. The monoisotopic (exact) mass is 335 g/mol. The van der Waals surface area contributed by atoms with E-state index < -0.39 is 0 Å². The highest BCUT2D eigenvalue weighted by Crippen LogP contribution is 2.35. The van der Waals surface area contributed by atoms with Gasteiger partial charge in [0, 0.05) is 18.3 Å². The molecule has 0 bridgehead atoms. The largest absolute Gasteiger partial charge is 0.463 e. The topological polar surface area (TPSA) is 70.7 Å². The van der Waals surface area contributed by atoms with E-state index in [1.807, 2.05) is 6.92 Å². The number of nitrogens with zero attached hydrogens (tertiary/aromatic N) is 1. The molecule has 2 aliphatic heterocycles. The zero-order valence-corrected chi connectivity index (χ0v) is 14.8. The maximum Gasteiger partial charge on any atom is 0.337 e. The lowest BCUT2D eigenvalue weighted by Crippen LogP contribution is -2.51. The number of carbonyl (C=O) groups is 2. The Hall–Kier alpha value is -1.56. The molecule has 6 heteroatoms. The van der Waals surface area contributed by atoms with Crippen molar-refractivity contribution in [1.29, 1.82) is 0 Å². The summed E-state index contributed by atoms with van der Waals surface area (Å²) in [5, 5.41) is 5.62. The minimum absolute atomic E-state index is 0.234. The second kappa shape index (κ2) is 7.55. The molecule has 24 heavy (non-hydrogen) atoms. The minimum Gasteiger partial charge on any atom is -0.463 e. The number of nitrogens with one attached hydrogen (secondary N) is 2. The van der Waals surface area contributed by atoms with Gasteiger partial charge in [0.2, 0.25) is 0 Å². The molecule has 3 aliphatic rings. The van der Waals surface area contributed by atoms with Gasteiger partial charge in [-0.05, 0) is 52.0 Å². The highest BCUT2D eigenvalue weighted by atomic mass is 16.5. The van der Waals surface area contributed by atoms with Crippen LogP contribution in [0.15, 0.2) is 11.3 Å². The predicted octanol–water partition coefficient (Wildman–Crippen LogP) is 2.16. The molecular weight excluding hydrogens is 306 g/mol. The van der Waals surface area contributed by atoms with Crippen LogP contribution in [0, 0.1) is 5.92 Å². The van der Waals surface area contributed by atoms with Crippen molar-refractivity contribution in [2.24, 2.45) is 5.92 Å². The molecule has 1 saturated heterocycles. The van der Waals surface area contributed by atoms with Gasteiger partial charge in [0.05, 0.1) is 18.2 Å². The van der Waals surface area contributed by atoms with Crippen LogP contribution in [0.25, 0.3) is 0 Å². The van der Waals surface area contributed by atoms with Crippen molar-refractivity contribution in [2.75, 3.05) is 19.7 Å². The smallest absolute Gasteiger partial charge is 0.337 e. The maximum atomic E-state index is 12.3. The molecule has 0 radical (unpaired) electrons. The lowest BCUT2D eigenvalue weighted by atomic mass is 9.95. The molecule has 0 aromatic heterocycles. The van der Waals surface area contributed by atoms with E-state index in [1.165, 1.54) is 38.5 Å². The molecule has 2 N–H and O–H groups in total. The van der Waals surface area contributed by atoms with Crippen LogP contribution in [0.2, 0.25) is 0 Å². The Kier molecular flexibility index (Phi) is 5.43. The van der Waals surface area contributed by atoms with Crippen molar-refractivity contribution in [2.45, 2.75) is 64.5 Å². The first-order valence-corrected chi connectivity index (χ1v) is 9.32. The number of ether oxygens (including phenoxy) is 1. The number of likely N-dealkylation sites (tertiary alicyclic amines) is 1. The summed E-state index contributed by atoms with van der Waals surface area (Å²) < 4.78 is 5.20. The summed E-state index contributed by atoms with van der Waals surface area (Å²) in [5.74, 6) is 0.443. The average molecular weight is 335 g/mol. The fourth-order valence-electron chi connectivity index (χ4n) is 4.53. The van der Waals surface area contributed by atoms with Gasteiger partial charge in [-0.3, -0.25) is 4.90 Å². The van der Waals surface area contributed by atoms with Gasteiger partial charge in [0.15, 0.2) is 0 Å². The summed E-state index contributed by atoms with van der Waals surface area (Å²) in [7, 11) is 0. The van der Waals surface area contributed by atoms with E-state index in [9.17, 15) is 9.59 Å². The molecule has 0 aromatic carbocycles. The van der Waals surface area contributed by atoms with Gasteiger partial charge < -0.3 is 15.4 Å². The fraction of sp³-hybridized carbons (Fsp3) is 0.778. The van der Waals surface area contributed by atoms with Gasteiger partial charge in [-0.15, -0.1) is 0 Å². The van der Waals surface area contributed by atoms with Crippen LogP contribution in [0.5, 0.6) is 0 Å². The minimum atomic E-state index is -0.330. The summed E-state index contributed by atoms with van der Waals surface area (Å²) in [4.78, 5) is 26.7. The van der Waals surface area contributed by atoms with Gasteiger partial charge in [0.1, 0.15) is 0 Å². The SMILES string of the molecule is CCOC(=O)C1=C(CN2CCC[C@@H]2C2CCCC2)NC(=O)N[C@H]1C. The molecule has 134 valence electrons. The Morgan fingerprint density at radius 2 is 2.00 bits per heavy atom. The van der Waals surface area contributed by atoms with Crippen molar-refractivity contribution in [3.63, 3.8) is 0 Å². The van der Waals surface area contributed by atoms with Crippen LogP contribution in [0.4, 0.5) is 4.79 Å². The fourth-order valence-corrected chi connectivity index (χ4v) is 4.53. The van der Waals surface area contributed by atoms with E-state index in [2.05, 4.69) is 15.5 Å². The third-order valence-electron chi connectivity index (χ3n) is 5.58. The summed E-state index contributed by atoms with van der Waals surface area (Å²) in [6, 6.07) is 0.0352. The van der Waals surface area contributed by atoms with Crippen LogP contribution in [-0.2, 0) is 9.53 Å². The lowest BCUT2D eigenvalue weighted by Gasteiger charge is -2.33. The van der Waals surface area contributed by atoms with Crippen LogP contribution < -0.4 is 10.6 Å². The van der Waals surface area contributed by atoms with Crippen molar-refractivity contribution in [1.82, 2.24) is 15.5 Å². The highest BCUT2D eigenvalue weighted by Gasteiger charge is 2.36. The lowest BCUT2D eigenvalue weighted by molar-refractivity contribution is -0.139. The van der Waals surface area contributed by atoms with Gasteiger partial charge in [-0.1, -0.05) is 12.8 Å². The zero-order valence-electron chi connectivity index (χ0n) is 14.8. The molecular formula is C18H29N3O3. The summed E-state index contributed by atoms with van der Waals surface area (Å²) in [6.07, 6.45) is 7.73. The Morgan fingerprint density at radius 1 is 1.25 bits per heavy atom. The van der Waals surface area contributed by atoms with E-state index in [4.69, 9.17) is 4.74 Å². The number of esters is 1. The number of amides is 2. The highest BCUT2D eigenvalue weighted by molar-refractivity contribution is 5.94. The second-order valence-corrected chi connectivity index (χ2v) is 7.16. The maximum absolute atomic E-state index is 12.3. The first-order valence-electron chi connectivity index (χ1n) is 9.32. The number of urea groups is 1. The molecule has 0 aromatic rings. The van der Waals surface area contributed by atoms with Crippen LogP contribution in [0.3, 0.4) is 0 Å². The second-order valence-electron chi connectivity index (χ2n) is 7.16. The Bertz CT molecular complexity index is 526. The predicted molar refractivity (Wildman–Crippen MR) is 91.3 cm³/mol. The Balaban J connectivity index is 1.79. The molecule has 3 rings (SSSR count). The van der Waals surface area contributed by atoms with Crippen molar-refractivity contribution >= 4 is 12.0 Å². The summed E-state index contributed by atoms with van der Waals surface area (Å²) in [6.45, 7) is 5.65. The molecule has 0 spiro atoms. The van der Waals surface area contributed by atoms with Crippen molar-refractivity contribution in [3.05, 3.63) is 11.3 Å². The van der Waals surface area contributed by atoms with Gasteiger partial charge >= 0.3 is 12.0 Å². The van der Waals surface area contributed by atoms with Gasteiger partial charge in [0.25, 0.3) is 0 Å². The molecule has 2 atom stereocenters. The van der Waals surface area contributed by atoms with Crippen LogP contribution >= 0.6 is 0 Å². The molecule has 2 amide bonds. The van der Waals surface area contributed by atoms with Crippen molar-refractivity contribution in [3.8, 4) is 0 Å². The van der Waals surface area contributed by atoms with E-state index in [0.29, 0.717) is 24.8 Å². The molecule has 2 heterocycles. The Morgan fingerprint density at radius 3 is 2.71 bits per heavy atom. The summed E-state index contributed by atoms with van der Waals surface area (Å²) in [5.41, 5.74) is 1.28. The standard InChI is InChI=1S/C18H29N3O3/c1-3-24-17(22)16-12(2)19-18(23)20-14(16)11-21-10-6-9-15(21)13-7-4-5-8-13/h12-13,15H,3-11H2,1-2H3,(H2,19,20,23)/t12-,15+/m0/s1. The van der Waals surface area contributed by atoms with E-state index in [-0.39, 0.29) is 18.0 Å². The first kappa shape index (κ1) is 17.3. The van der Waals surface area contributed by atoms with Gasteiger partial charge in [-0.2, -0.15) is 0 Å². The quantitative estimate of drug-likeness (QED) is 0.755. The van der Waals surface area contributed by atoms with Crippen LogP contribution in [-0.4, -0.2) is 48.7 Å². The average Bonchev–Trinajstić information content (AvgIpc) is 3.17. The third kappa shape index (κ3) is 3.58. The zero-order chi connectivity index (χ0) is 17.1. The molecule has 1 aliphatic carbocycles. The number of rotatable bonds is 5. The van der Waals surface area contributed by atoms with Gasteiger partial charge in [-0.25, -0.2) is 9.59 Å². The summed E-state index contributed by atoms with van der Waals surface area (Å²) >= 11 is 0. The Labute approximate surface area is 144 Å². The normalized spacial score (nSPS) is 28.8. The van der Waals surface area contributed by atoms with E-state index in [1.54, 1.807) is 6.92 Å². The number of carbonyl (C=O) groups excluding carboxylic acids is 2.